The molecule has 0 saturated heterocycles. The molecule has 10 heavy (non-hydrogen) atoms. The van der Waals surface area contributed by atoms with E-state index in [2.05, 4.69) is 5.32 Å². The Bertz CT molecular complexity index is 106. The lowest BCUT2D eigenvalue weighted by Gasteiger charge is -2.08. The molecular formula is C6H14N2OS. The van der Waals surface area contributed by atoms with Crippen molar-refractivity contribution in [2.45, 2.75) is 0 Å². The normalized spacial score (nSPS) is 10.0. The first kappa shape index (κ1) is 9.78. The first-order valence-electron chi connectivity index (χ1n) is 3.13. The van der Waals surface area contributed by atoms with Crippen LogP contribution in [0.25, 0.3) is 0 Å². The molecule has 0 saturated carbocycles. The molecule has 0 spiro atoms. The largest absolute Gasteiger partial charge is 0.346 e. The molecule has 0 aliphatic carbocycles. The molecular weight excluding hydrogens is 148 g/mol. The fourth-order valence-corrected chi connectivity index (χ4v) is 0.700. The zero-order valence-corrected chi connectivity index (χ0v) is 7.49. The highest BCUT2D eigenvalue weighted by Crippen LogP contribution is 1.90. The second-order valence-corrected chi connectivity index (χ2v) is 3.00. The van der Waals surface area contributed by atoms with Gasteiger partial charge < -0.3 is 10.2 Å². The van der Waals surface area contributed by atoms with Crippen LogP contribution in [0.15, 0.2) is 0 Å². The average Bonchev–Trinajstić information content (AvgIpc) is 1.87. The Hall–Kier alpha value is -0.220. The van der Waals surface area contributed by atoms with E-state index in [1.54, 1.807) is 6.26 Å². The molecule has 1 N–H and O–H groups in total. The summed E-state index contributed by atoms with van der Waals surface area (Å²) in [6.45, 7) is 1.62. The number of carbonyl (C=O) groups is 1. The van der Waals surface area contributed by atoms with Crippen molar-refractivity contribution in [2.75, 3.05) is 33.4 Å². The minimum absolute atomic E-state index is 0.0434. The van der Waals surface area contributed by atoms with Gasteiger partial charge in [-0.1, -0.05) is 11.8 Å². The van der Waals surface area contributed by atoms with E-state index in [1.807, 2.05) is 19.0 Å². The van der Waals surface area contributed by atoms with Gasteiger partial charge in [0.05, 0.1) is 0 Å². The third-order valence-corrected chi connectivity index (χ3v) is 1.53. The highest BCUT2D eigenvalue weighted by atomic mass is 32.2. The average molecular weight is 162 g/mol. The Morgan fingerprint density at radius 3 is 2.60 bits per heavy atom. The van der Waals surface area contributed by atoms with E-state index in [9.17, 15) is 4.79 Å². The van der Waals surface area contributed by atoms with E-state index in [0.717, 1.165) is 13.1 Å². The van der Waals surface area contributed by atoms with Gasteiger partial charge in [0.1, 0.15) is 0 Å². The molecule has 4 heteroatoms. The Kier molecular flexibility index (Phi) is 5.43. The summed E-state index contributed by atoms with van der Waals surface area (Å²) in [5.74, 6) is 0. The molecule has 1 amide bonds. The molecule has 60 valence electrons. The Morgan fingerprint density at radius 1 is 1.60 bits per heavy atom. The second-order valence-electron chi connectivity index (χ2n) is 2.22. The molecule has 0 aromatic carbocycles. The van der Waals surface area contributed by atoms with Gasteiger partial charge in [0.25, 0.3) is 5.24 Å². The van der Waals surface area contributed by atoms with Crippen molar-refractivity contribution in [3.05, 3.63) is 0 Å². The third-order valence-electron chi connectivity index (χ3n) is 1.01. The Labute approximate surface area is 66.2 Å². The molecule has 0 heterocycles. The smallest absolute Gasteiger partial charge is 0.278 e. The van der Waals surface area contributed by atoms with Crippen LogP contribution in [0.2, 0.25) is 0 Å². The van der Waals surface area contributed by atoms with Gasteiger partial charge in [0, 0.05) is 13.1 Å². The lowest BCUT2D eigenvalue weighted by Crippen LogP contribution is -2.28. The van der Waals surface area contributed by atoms with Crippen molar-refractivity contribution in [3.63, 3.8) is 0 Å². The highest BCUT2D eigenvalue weighted by Gasteiger charge is 1.95. The first-order valence-corrected chi connectivity index (χ1v) is 4.36. The minimum atomic E-state index is 0.0434. The van der Waals surface area contributed by atoms with Crippen molar-refractivity contribution in [3.8, 4) is 0 Å². The molecule has 0 fully saturated rings. The maximum Gasteiger partial charge on any atom is 0.278 e. The van der Waals surface area contributed by atoms with E-state index < -0.39 is 0 Å². The summed E-state index contributed by atoms with van der Waals surface area (Å²) in [5.41, 5.74) is 0. The van der Waals surface area contributed by atoms with Crippen molar-refractivity contribution < 1.29 is 4.79 Å². The number of carbonyl (C=O) groups excluding carboxylic acids is 1. The van der Waals surface area contributed by atoms with Crippen molar-refractivity contribution in [1.82, 2.24) is 10.2 Å². The summed E-state index contributed by atoms with van der Waals surface area (Å²) in [4.78, 5) is 12.7. The summed E-state index contributed by atoms with van der Waals surface area (Å²) >= 11 is 1.21. The van der Waals surface area contributed by atoms with Crippen LogP contribution in [-0.4, -0.2) is 43.6 Å². The zero-order chi connectivity index (χ0) is 7.98. The van der Waals surface area contributed by atoms with Crippen LogP contribution in [0, 0.1) is 0 Å². The van der Waals surface area contributed by atoms with E-state index in [1.165, 1.54) is 11.8 Å². The van der Waals surface area contributed by atoms with Gasteiger partial charge in [-0.2, -0.15) is 0 Å². The van der Waals surface area contributed by atoms with Crippen LogP contribution < -0.4 is 5.32 Å². The monoisotopic (exact) mass is 162 g/mol. The van der Waals surface area contributed by atoms with Crippen LogP contribution in [0.4, 0.5) is 4.79 Å². The van der Waals surface area contributed by atoms with Crippen molar-refractivity contribution in [2.24, 2.45) is 0 Å². The Morgan fingerprint density at radius 2 is 2.20 bits per heavy atom. The summed E-state index contributed by atoms with van der Waals surface area (Å²) in [6.07, 6.45) is 1.77. The summed E-state index contributed by atoms with van der Waals surface area (Å²) in [7, 11) is 3.95. The van der Waals surface area contributed by atoms with E-state index in [-0.39, 0.29) is 5.24 Å². The van der Waals surface area contributed by atoms with Gasteiger partial charge in [-0.3, -0.25) is 4.79 Å². The zero-order valence-electron chi connectivity index (χ0n) is 6.68. The molecule has 0 aromatic heterocycles. The van der Waals surface area contributed by atoms with Crippen LogP contribution in [-0.2, 0) is 0 Å². The quantitative estimate of drug-likeness (QED) is 0.660. The number of nitrogens with zero attached hydrogens (tertiary/aromatic N) is 1. The maximum absolute atomic E-state index is 10.6. The number of hydrogen-bond acceptors (Lipinski definition) is 3. The van der Waals surface area contributed by atoms with E-state index >= 15 is 0 Å². The maximum atomic E-state index is 10.6. The lowest BCUT2D eigenvalue weighted by molar-refractivity contribution is 0.259. The topological polar surface area (TPSA) is 32.3 Å². The van der Waals surface area contributed by atoms with E-state index in [0.29, 0.717) is 0 Å². The summed E-state index contributed by atoms with van der Waals surface area (Å²) in [5, 5.41) is 2.79. The predicted octanol–water partition coefficient (Wildman–Crippen LogP) is 0.621. The van der Waals surface area contributed by atoms with Gasteiger partial charge in [-0.15, -0.1) is 0 Å². The van der Waals surface area contributed by atoms with Crippen molar-refractivity contribution in [1.29, 1.82) is 0 Å². The van der Waals surface area contributed by atoms with Crippen LogP contribution in [0.1, 0.15) is 0 Å². The third kappa shape index (κ3) is 5.91. The molecule has 3 nitrogen and oxygen atoms in total. The molecule has 0 aromatic rings. The first-order chi connectivity index (χ1) is 4.66. The molecule has 0 radical (unpaired) electrons. The highest BCUT2D eigenvalue weighted by molar-refractivity contribution is 8.12. The number of likely N-dealkylation sites (N-methyl/N-ethyl adjacent to an activating group) is 1. The predicted molar refractivity (Wildman–Crippen MR) is 45.5 cm³/mol. The number of amides is 1. The molecule has 0 unspecified atom stereocenters. The van der Waals surface area contributed by atoms with Gasteiger partial charge in [-0.05, 0) is 20.4 Å². The molecule has 0 aliphatic heterocycles. The lowest BCUT2D eigenvalue weighted by atomic mass is 10.6. The molecule has 0 bridgehead atoms. The van der Waals surface area contributed by atoms with E-state index in [4.69, 9.17) is 0 Å². The standard InChI is InChI=1S/C6H14N2OS/c1-8(2)5-4-7-6(9)10-3/h4-5H2,1-3H3,(H,7,9). The summed E-state index contributed by atoms with van der Waals surface area (Å²) < 4.78 is 0. The minimum Gasteiger partial charge on any atom is -0.346 e. The fraction of sp³-hybridized carbons (Fsp3) is 0.833. The second kappa shape index (κ2) is 5.56. The number of hydrogen-bond donors (Lipinski definition) is 1. The van der Waals surface area contributed by atoms with Gasteiger partial charge in [0.15, 0.2) is 0 Å². The molecule has 0 aliphatic rings. The SMILES string of the molecule is CSC(=O)NCCN(C)C. The van der Waals surface area contributed by atoms with Crippen LogP contribution in [0.5, 0.6) is 0 Å². The van der Waals surface area contributed by atoms with Gasteiger partial charge in [0.2, 0.25) is 0 Å². The number of thioether (sulfide) groups is 1. The molecule has 0 atom stereocenters. The van der Waals surface area contributed by atoms with Gasteiger partial charge in [-0.25, -0.2) is 0 Å². The van der Waals surface area contributed by atoms with Crippen molar-refractivity contribution >= 4 is 17.0 Å². The van der Waals surface area contributed by atoms with Crippen LogP contribution in [0.3, 0.4) is 0 Å². The van der Waals surface area contributed by atoms with Crippen LogP contribution >= 0.6 is 11.8 Å². The summed E-state index contributed by atoms with van der Waals surface area (Å²) in [6, 6.07) is 0. The number of rotatable bonds is 3. The number of nitrogens with one attached hydrogen (secondary N) is 1. The fourth-order valence-electron chi connectivity index (χ4n) is 0.454. The Balaban J connectivity index is 3.12. The molecule has 0 rings (SSSR count). The van der Waals surface area contributed by atoms with Gasteiger partial charge >= 0.3 is 0 Å².